The summed E-state index contributed by atoms with van der Waals surface area (Å²) in [5.74, 6) is -1.41. The van der Waals surface area contributed by atoms with E-state index in [1.807, 2.05) is 0 Å². The Labute approximate surface area is 105 Å². The largest absolute Gasteiger partial charge is 0.534 e. The number of Topliss-reactive ketones (excluding diaryl/α,β-unsaturated/α-hetero) is 1. The van der Waals surface area contributed by atoms with Crippen LogP contribution in [-0.2, 0) is 10.1 Å². The molecule has 1 rings (SSSR count). The minimum Gasteiger partial charge on any atom is -0.375 e. The topological polar surface area (TPSA) is 60.4 Å². The predicted molar refractivity (Wildman–Crippen MR) is 57.1 cm³/mol. The molecule has 0 atom stereocenters. The van der Waals surface area contributed by atoms with Crippen molar-refractivity contribution in [2.75, 3.05) is 0 Å². The number of alkyl halides is 3. The van der Waals surface area contributed by atoms with Crippen molar-refractivity contribution in [3.63, 3.8) is 0 Å². The first-order chi connectivity index (χ1) is 8.04. The van der Waals surface area contributed by atoms with Crippen molar-refractivity contribution >= 4 is 27.5 Å². The molecule has 0 aliphatic rings. The summed E-state index contributed by atoms with van der Waals surface area (Å²) in [6.45, 7) is 1.05. The summed E-state index contributed by atoms with van der Waals surface area (Å²) in [6.07, 6.45) is 0. The van der Waals surface area contributed by atoms with Gasteiger partial charge in [-0.2, -0.15) is 21.6 Å². The lowest BCUT2D eigenvalue weighted by atomic mass is 10.1. The lowest BCUT2D eigenvalue weighted by Crippen LogP contribution is -2.28. The monoisotopic (exact) mass is 302 g/mol. The van der Waals surface area contributed by atoms with Crippen LogP contribution in [0.5, 0.6) is 5.75 Å². The summed E-state index contributed by atoms with van der Waals surface area (Å²) in [4.78, 5) is 11.1. The highest BCUT2D eigenvalue weighted by atomic mass is 35.5. The van der Waals surface area contributed by atoms with Gasteiger partial charge in [-0.15, -0.1) is 0 Å². The normalized spacial score (nSPS) is 12.3. The van der Waals surface area contributed by atoms with Crippen LogP contribution in [0.2, 0.25) is 5.02 Å². The number of rotatable bonds is 3. The fourth-order valence-corrected chi connectivity index (χ4v) is 1.65. The molecule has 0 saturated heterocycles. The third-order valence-corrected chi connectivity index (χ3v) is 3.01. The molecular weight excluding hydrogens is 297 g/mol. The highest BCUT2D eigenvalue weighted by molar-refractivity contribution is 7.88. The number of hydrogen-bond acceptors (Lipinski definition) is 4. The zero-order valence-electron chi connectivity index (χ0n) is 8.79. The average Bonchev–Trinajstić information content (AvgIpc) is 2.14. The van der Waals surface area contributed by atoms with E-state index in [2.05, 4.69) is 4.18 Å². The second-order valence-corrected chi connectivity index (χ2v) is 5.15. The molecule has 0 spiro atoms. The number of halogens is 4. The van der Waals surface area contributed by atoms with E-state index in [0.29, 0.717) is 0 Å². The second-order valence-electron chi connectivity index (χ2n) is 3.18. The molecule has 18 heavy (non-hydrogen) atoms. The number of benzene rings is 1. The molecule has 0 fully saturated rings. The van der Waals surface area contributed by atoms with Gasteiger partial charge in [0.05, 0.1) is 5.56 Å². The van der Waals surface area contributed by atoms with Crippen molar-refractivity contribution in [1.29, 1.82) is 0 Å². The number of ketones is 1. The lowest BCUT2D eigenvalue weighted by molar-refractivity contribution is -0.0500. The SMILES string of the molecule is CC(=O)c1ccc(Cl)cc1OS(=O)(=O)C(F)(F)F. The van der Waals surface area contributed by atoms with E-state index in [0.717, 1.165) is 19.1 Å². The molecule has 0 N–H and O–H groups in total. The lowest BCUT2D eigenvalue weighted by Gasteiger charge is -2.11. The molecule has 1 aromatic rings. The zero-order valence-corrected chi connectivity index (χ0v) is 10.4. The molecule has 0 unspecified atom stereocenters. The summed E-state index contributed by atoms with van der Waals surface area (Å²) in [5.41, 5.74) is -5.89. The number of carbonyl (C=O) groups is 1. The van der Waals surface area contributed by atoms with Crippen molar-refractivity contribution in [2.24, 2.45) is 0 Å². The van der Waals surface area contributed by atoms with Gasteiger partial charge in [0.25, 0.3) is 0 Å². The molecule has 0 heterocycles. The molecule has 0 aromatic heterocycles. The van der Waals surface area contributed by atoms with Crippen molar-refractivity contribution < 1.29 is 30.6 Å². The maximum absolute atomic E-state index is 12.1. The fourth-order valence-electron chi connectivity index (χ4n) is 1.02. The molecular formula is C9H6ClF3O4S. The maximum Gasteiger partial charge on any atom is 0.534 e. The minimum absolute atomic E-state index is 0.0626. The first kappa shape index (κ1) is 14.8. The van der Waals surface area contributed by atoms with Crippen molar-refractivity contribution in [2.45, 2.75) is 12.4 Å². The van der Waals surface area contributed by atoms with Gasteiger partial charge in [0.15, 0.2) is 11.5 Å². The van der Waals surface area contributed by atoms with Gasteiger partial charge in [0.2, 0.25) is 0 Å². The molecule has 0 aliphatic carbocycles. The standard InChI is InChI=1S/C9H6ClF3O4S/c1-5(14)7-3-2-6(10)4-8(7)17-18(15,16)9(11,12)13/h2-4H,1H3. The van der Waals surface area contributed by atoms with Gasteiger partial charge in [-0.25, -0.2) is 0 Å². The van der Waals surface area contributed by atoms with Gasteiger partial charge >= 0.3 is 15.6 Å². The highest BCUT2D eigenvalue weighted by Crippen LogP contribution is 2.30. The Morgan fingerprint density at radius 2 is 1.89 bits per heavy atom. The van der Waals surface area contributed by atoms with Crippen LogP contribution in [0.1, 0.15) is 17.3 Å². The predicted octanol–water partition coefficient (Wildman–Crippen LogP) is 2.77. The quantitative estimate of drug-likeness (QED) is 0.489. The Kier molecular flexibility index (Phi) is 3.92. The van der Waals surface area contributed by atoms with Crippen LogP contribution in [0.3, 0.4) is 0 Å². The Morgan fingerprint density at radius 3 is 2.33 bits per heavy atom. The number of hydrogen-bond donors (Lipinski definition) is 0. The van der Waals surface area contributed by atoms with Gasteiger partial charge in [-0.05, 0) is 19.1 Å². The van der Waals surface area contributed by atoms with Crippen LogP contribution in [0.25, 0.3) is 0 Å². The highest BCUT2D eigenvalue weighted by Gasteiger charge is 2.48. The molecule has 0 radical (unpaired) electrons. The zero-order chi connectivity index (χ0) is 14.1. The smallest absolute Gasteiger partial charge is 0.375 e. The second kappa shape index (κ2) is 4.77. The van der Waals surface area contributed by atoms with Gasteiger partial charge in [0.1, 0.15) is 0 Å². The summed E-state index contributed by atoms with van der Waals surface area (Å²) < 4.78 is 61.9. The van der Waals surface area contributed by atoms with E-state index >= 15 is 0 Å². The van der Waals surface area contributed by atoms with Crippen molar-refractivity contribution in [3.8, 4) is 5.75 Å². The summed E-state index contributed by atoms with van der Waals surface area (Å²) >= 11 is 5.50. The van der Waals surface area contributed by atoms with Gasteiger partial charge < -0.3 is 4.18 Å². The van der Waals surface area contributed by atoms with E-state index in [1.54, 1.807) is 0 Å². The van der Waals surface area contributed by atoms with Crippen LogP contribution < -0.4 is 4.18 Å². The molecule has 0 aliphatic heterocycles. The third-order valence-electron chi connectivity index (χ3n) is 1.81. The molecule has 4 nitrogen and oxygen atoms in total. The van der Waals surface area contributed by atoms with Crippen LogP contribution in [-0.4, -0.2) is 19.7 Å². The maximum atomic E-state index is 12.1. The van der Waals surface area contributed by atoms with Crippen molar-refractivity contribution in [3.05, 3.63) is 28.8 Å². The summed E-state index contributed by atoms with van der Waals surface area (Å²) in [5, 5.41) is -0.0626. The van der Waals surface area contributed by atoms with Gasteiger partial charge in [0, 0.05) is 11.1 Å². The molecule has 0 saturated carbocycles. The van der Waals surface area contributed by atoms with Crippen LogP contribution in [0.15, 0.2) is 18.2 Å². The Balaban J connectivity index is 3.27. The average molecular weight is 303 g/mol. The Morgan fingerprint density at radius 1 is 1.33 bits per heavy atom. The Hall–Kier alpha value is -1.28. The van der Waals surface area contributed by atoms with Crippen LogP contribution >= 0.6 is 11.6 Å². The van der Waals surface area contributed by atoms with Gasteiger partial charge in [-0.3, -0.25) is 4.79 Å². The van der Waals surface area contributed by atoms with E-state index in [1.165, 1.54) is 6.07 Å². The summed E-state index contributed by atoms with van der Waals surface area (Å²) in [7, 11) is -5.83. The van der Waals surface area contributed by atoms with E-state index in [9.17, 15) is 26.4 Å². The van der Waals surface area contributed by atoms with Crippen LogP contribution in [0.4, 0.5) is 13.2 Å². The number of carbonyl (C=O) groups excluding carboxylic acids is 1. The molecule has 9 heteroatoms. The third kappa shape index (κ3) is 3.14. The minimum atomic E-state index is -5.83. The van der Waals surface area contributed by atoms with Gasteiger partial charge in [-0.1, -0.05) is 11.6 Å². The Bertz CT molecular complexity index is 580. The first-order valence-corrected chi connectivity index (χ1v) is 6.14. The molecule has 0 amide bonds. The molecule has 100 valence electrons. The fraction of sp³-hybridized carbons (Fsp3) is 0.222. The van der Waals surface area contributed by atoms with E-state index in [-0.39, 0.29) is 10.6 Å². The van der Waals surface area contributed by atoms with E-state index < -0.39 is 27.2 Å². The van der Waals surface area contributed by atoms with Crippen molar-refractivity contribution in [1.82, 2.24) is 0 Å². The molecule has 1 aromatic carbocycles. The first-order valence-electron chi connectivity index (χ1n) is 4.36. The summed E-state index contributed by atoms with van der Waals surface area (Å²) in [6, 6.07) is 3.12. The van der Waals surface area contributed by atoms with Crippen LogP contribution in [0, 0.1) is 0 Å². The van der Waals surface area contributed by atoms with E-state index in [4.69, 9.17) is 11.6 Å². The molecule has 0 bridgehead atoms.